The van der Waals surface area contributed by atoms with Gasteiger partial charge in [0.05, 0.1) is 5.56 Å². The first kappa shape index (κ1) is 17.9. The van der Waals surface area contributed by atoms with Crippen LogP contribution in [-0.2, 0) is 17.5 Å². The molecule has 1 amide bonds. The maximum atomic E-state index is 12.9. The Labute approximate surface area is 148 Å². The normalized spacial score (nSPS) is 12.7. The van der Waals surface area contributed by atoms with Crippen molar-refractivity contribution in [2.24, 2.45) is 0 Å². The van der Waals surface area contributed by atoms with Gasteiger partial charge in [0.2, 0.25) is 12.7 Å². The summed E-state index contributed by atoms with van der Waals surface area (Å²) in [7, 11) is 0. The zero-order chi connectivity index (χ0) is 18.6. The van der Waals surface area contributed by atoms with Crippen molar-refractivity contribution in [1.82, 2.24) is 5.32 Å². The first-order chi connectivity index (χ1) is 12.4. The molecule has 0 saturated heterocycles. The van der Waals surface area contributed by atoms with E-state index in [0.29, 0.717) is 18.0 Å². The molecular formula is C18H17F3N2O3. The van der Waals surface area contributed by atoms with Gasteiger partial charge in [0.1, 0.15) is 0 Å². The van der Waals surface area contributed by atoms with E-state index in [1.807, 2.05) is 6.07 Å². The van der Waals surface area contributed by atoms with E-state index in [1.54, 1.807) is 12.1 Å². The smallest absolute Gasteiger partial charge is 0.418 e. The molecule has 1 aliphatic heterocycles. The molecule has 2 aromatic carbocycles. The van der Waals surface area contributed by atoms with Crippen LogP contribution in [0.4, 0.5) is 18.9 Å². The second-order valence-electron chi connectivity index (χ2n) is 5.68. The highest BCUT2D eigenvalue weighted by atomic mass is 19.4. The van der Waals surface area contributed by atoms with E-state index < -0.39 is 11.7 Å². The van der Waals surface area contributed by atoms with Gasteiger partial charge in [-0.25, -0.2) is 0 Å². The number of ether oxygens (including phenoxy) is 2. The summed E-state index contributed by atoms with van der Waals surface area (Å²) in [6, 6.07) is 10.5. The van der Waals surface area contributed by atoms with Crippen LogP contribution in [0.25, 0.3) is 0 Å². The van der Waals surface area contributed by atoms with Crippen molar-refractivity contribution in [2.75, 3.05) is 18.7 Å². The second-order valence-corrected chi connectivity index (χ2v) is 5.68. The molecule has 5 nitrogen and oxygen atoms in total. The number of carbonyl (C=O) groups excluding carboxylic acids is 1. The van der Waals surface area contributed by atoms with Gasteiger partial charge in [-0.1, -0.05) is 18.2 Å². The number of alkyl halides is 3. The minimum atomic E-state index is -4.44. The summed E-state index contributed by atoms with van der Waals surface area (Å²) in [4.78, 5) is 11.9. The van der Waals surface area contributed by atoms with Crippen molar-refractivity contribution >= 4 is 11.6 Å². The highest BCUT2D eigenvalue weighted by molar-refractivity contribution is 5.76. The molecule has 1 aliphatic rings. The van der Waals surface area contributed by atoms with E-state index in [4.69, 9.17) is 9.47 Å². The zero-order valence-corrected chi connectivity index (χ0v) is 13.7. The van der Waals surface area contributed by atoms with Crippen molar-refractivity contribution < 1.29 is 27.4 Å². The molecule has 0 spiro atoms. The van der Waals surface area contributed by atoms with Crippen LogP contribution in [0.15, 0.2) is 42.5 Å². The van der Waals surface area contributed by atoms with Crippen molar-refractivity contribution in [3.8, 4) is 11.5 Å². The number of fused-ring (bicyclic) bond motifs is 1. The quantitative estimate of drug-likeness (QED) is 0.821. The Kier molecular flexibility index (Phi) is 5.20. The van der Waals surface area contributed by atoms with Crippen LogP contribution in [0.1, 0.15) is 17.5 Å². The van der Waals surface area contributed by atoms with Crippen LogP contribution in [-0.4, -0.2) is 19.2 Å². The zero-order valence-electron chi connectivity index (χ0n) is 13.7. The van der Waals surface area contributed by atoms with Gasteiger partial charge in [0.25, 0.3) is 0 Å². The standard InChI is InChI=1S/C18H17F3N2O3/c19-18(20,21)13-3-1-2-4-14(13)22-8-7-17(24)23-10-12-5-6-15-16(9-12)26-11-25-15/h1-6,9,22H,7-8,10-11H2,(H,23,24). The molecule has 2 aromatic rings. The number of hydrogen-bond donors (Lipinski definition) is 2. The molecule has 0 aromatic heterocycles. The molecule has 0 radical (unpaired) electrons. The SMILES string of the molecule is O=C(CCNc1ccccc1C(F)(F)F)NCc1ccc2c(c1)OCO2. The van der Waals surface area contributed by atoms with E-state index in [9.17, 15) is 18.0 Å². The number of anilines is 1. The van der Waals surface area contributed by atoms with Crippen LogP contribution in [0.2, 0.25) is 0 Å². The van der Waals surface area contributed by atoms with E-state index in [2.05, 4.69) is 10.6 Å². The van der Waals surface area contributed by atoms with Crippen molar-refractivity contribution in [1.29, 1.82) is 0 Å². The molecule has 138 valence electrons. The molecule has 26 heavy (non-hydrogen) atoms. The maximum Gasteiger partial charge on any atom is 0.418 e. The van der Waals surface area contributed by atoms with E-state index in [-0.39, 0.29) is 31.4 Å². The third kappa shape index (κ3) is 4.38. The molecule has 3 rings (SSSR count). The van der Waals surface area contributed by atoms with Gasteiger partial charge < -0.3 is 20.1 Å². The predicted molar refractivity (Wildman–Crippen MR) is 89.0 cm³/mol. The van der Waals surface area contributed by atoms with Gasteiger partial charge in [-0.15, -0.1) is 0 Å². The van der Waals surface area contributed by atoms with Gasteiger partial charge in [-0.05, 0) is 29.8 Å². The number of rotatable bonds is 6. The molecule has 0 unspecified atom stereocenters. The predicted octanol–water partition coefficient (Wildman–Crippen LogP) is 3.55. The fraction of sp³-hybridized carbons (Fsp3) is 0.278. The summed E-state index contributed by atoms with van der Waals surface area (Å²) in [5.41, 5.74) is 0.0577. The average molecular weight is 366 g/mol. The molecule has 1 heterocycles. The molecule has 0 saturated carbocycles. The van der Waals surface area contributed by atoms with Crippen LogP contribution in [0.5, 0.6) is 11.5 Å². The third-order valence-corrected chi connectivity index (χ3v) is 3.83. The summed E-state index contributed by atoms with van der Waals surface area (Å²) in [6.07, 6.45) is -4.39. The van der Waals surface area contributed by atoms with Crippen LogP contribution in [0, 0.1) is 0 Å². The summed E-state index contributed by atoms with van der Waals surface area (Å²) >= 11 is 0. The van der Waals surface area contributed by atoms with Gasteiger partial charge in [0, 0.05) is 25.2 Å². The molecular weight excluding hydrogens is 349 g/mol. The van der Waals surface area contributed by atoms with E-state index >= 15 is 0 Å². The minimum absolute atomic E-state index is 0.0384. The third-order valence-electron chi connectivity index (χ3n) is 3.83. The van der Waals surface area contributed by atoms with Gasteiger partial charge >= 0.3 is 6.18 Å². The number of amides is 1. The molecule has 0 atom stereocenters. The first-order valence-electron chi connectivity index (χ1n) is 7.99. The summed E-state index contributed by atoms with van der Waals surface area (Å²) in [5.74, 6) is 1.02. The fourth-order valence-electron chi connectivity index (χ4n) is 2.54. The summed E-state index contributed by atoms with van der Waals surface area (Å²) in [6.45, 7) is 0.574. The Balaban J connectivity index is 1.46. The highest BCUT2D eigenvalue weighted by Gasteiger charge is 2.33. The van der Waals surface area contributed by atoms with Gasteiger partial charge in [-0.3, -0.25) is 4.79 Å². The van der Waals surface area contributed by atoms with Crippen molar-refractivity contribution in [3.63, 3.8) is 0 Å². The number of halogens is 3. The van der Waals surface area contributed by atoms with E-state index in [1.165, 1.54) is 18.2 Å². The number of carbonyl (C=O) groups is 1. The lowest BCUT2D eigenvalue weighted by atomic mass is 10.1. The number of hydrogen-bond acceptors (Lipinski definition) is 4. The second kappa shape index (κ2) is 7.55. The van der Waals surface area contributed by atoms with Gasteiger partial charge in [0.15, 0.2) is 11.5 Å². The molecule has 8 heteroatoms. The molecule has 0 fully saturated rings. The Hall–Kier alpha value is -2.90. The largest absolute Gasteiger partial charge is 0.454 e. The van der Waals surface area contributed by atoms with E-state index in [0.717, 1.165) is 11.6 Å². The monoisotopic (exact) mass is 366 g/mol. The lowest BCUT2D eigenvalue weighted by Crippen LogP contribution is -2.25. The molecule has 0 bridgehead atoms. The lowest BCUT2D eigenvalue weighted by Gasteiger charge is -2.14. The van der Waals surface area contributed by atoms with Crippen LogP contribution >= 0.6 is 0 Å². The van der Waals surface area contributed by atoms with Crippen molar-refractivity contribution in [2.45, 2.75) is 19.1 Å². The first-order valence-corrected chi connectivity index (χ1v) is 7.99. The van der Waals surface area contributed by atoms with Crippen molar-refractivity contribution in [3.05, 3.63) is 53.6 Å². The fourth-order valence-corrected chi connectivity index (χ4v) is 2.54. The van der Waals surface area contributed by atoms with Crippen LogP contribution < -0.4 is 20.1 Å². The number of nitrogens with one attached hydrogen (secondary N) is 2. The Morgan fingerprint density at radius 1 is 1.08 bits per heavy atom. The number of para-hydroxylation sites is 1. The van der Waals surface area contributed by atoms with Gasteiger partial charge in [-0.2, -0.15) is 13.2 Å². The Bertz CT molecular complexity index is 793. The Morgan fingerprint density at radius 3 is 2.65 bits per heavy atom. The summed E-state index contributed by atoms with van der Waals surface area (Å²) in [5, 5.41) is 5.39. The highest BCUT2D eigenvalue weighted by Crippen LogP contribution is 2.34. The number of benzene rings is 2. The average Bonchev–Trinajstić information content (AvgIpc) is 3.07. The Morgan fingerprint density at radius 2 is 1.85 bits per heavy atom. The topological polar surface area (TPSA) is 59.6 Å². The summed E-state index contributed by atoms with van der Waals surface area (Å²) < 4.78 is 49.2. The molecule has 2 N–H and O–H groups in total. The maximum absolute atomic E-state index is 12.9. The molecule has 0 aliphatic carbocycles. The van der Waals surface area contributed by atoms with Crippen LogP contribution in [0.3, 0.4) is 0 Å². The minimum Gasteiger partial charge on any atom is -0.454 e. The lowest BCUT2D eigenvalue weighted by molar-refractivity contribution is -0.137.